The Morgan fingerprint density at radius 1 is 1.37 bits per heavy atom. The fourth-order valence-corrected chi connectivity index (χ4v) is 3.24. The summed E-state index contributed by atoms with van der Waals surface area (Å²) in [6.45, 7) is 5.75. The quantitative estimate of drug-likeness (QED) is 0.871. The molecule has 0 atom stereocenters. The van der Waals surface area contributed by atoms with Gasteiger partial charge in [-0.2, -0.15) is 0 Å². The molecule has 1 amide bonds. The van der Waals surface area contributed by atoms with Crippen LogP contribution in [0.25, 0.3) is 0 Å². The van der Waals surface area contributed by atoms with Crippen LogP contribution in [0, 0.1) is 0 Å². The predicted octanol–water partition coefficient (Wildman–Crippen LogP) is 2.76. The first-order valence-corrected chi connectivity index (χ1v) is 7.96. The fourth-order valence-electron chi connectivity index (χ4n) is 2.52. The molecule has 6 heteroatoms. The highest BCUT2D eigenvalue weighted by Gasteiger charge is 2.28. The first-order valence-electron chi connectivity index (χ1n) is 7.14. The van der Waals surface area contributed by atoms with Crippen molar-refractivity contribution in [2.45, 2.75) is 52.0 Å². The van der Waals surface area contributed by atoms with Crippen LogP contribution < -0.4 is 5.32 Å². The van der Waals surface area contributed by atoms with Crippen molar-refractivity contribution in [3.63, 3.8) is 0 Å². The van der Waals surface area contributed by atoms with Crippen LogP contribution in [0.2, 0.25) is 0 Å². The number of amides is 1. The van der Waals surface area contributed by atoms with Gasteiger partial charge in [-0.15, -0.1) is 10.2 Å². The minimum atomic E-state index is 0.0384. The van der Waals surface area contributed by atoms with Gasteiger partial charge >= 0.3 is 0 Å². The summed E-state index contributed by atoms with van der Waals surface area (Å²) in [5.41, 5.74) is 0. The molecule has 1 heterocycles. The zero-order valence-corrected chi connectivity index (χ0v) is 12.5. The predicted molar refractivity (Wildman–Crippen MR) is 77.7 cm³/mol. The Hall–Kier alpha value is -1.17. The molecule has 0 aromatic carbocycles. The van der Waals surface area contributed by atoms with Crippen LogP contribution in [-0.4, -0.2) is 40.1 Å². The lowest BCUT2D eigenvalue weighted by Crippen LogP contribution is -2.38. The molecule has 1 aromatic heterocycles. The maximum atomic E-state index is 12.5. The number of nitrogens with one attached hydrogen (secondary N) is 1. The maximum Gasteiger partial charge on any atom is 0.285 e. The van der Waals surface area contributed by atoms with E-state index in [-0.39, 0.29) is 5.91 Å². The average molecular weight is 282 g/mol. The van der Waals surface area contributed by atoms with Crippen LogP contribution in [0.5, 0.6) is 0 Å². The summed E-state index contributed by atoms with van der Waals surface area (Å²) in [5.74, 6) is 0.0384. The average Bonchev–Trinajstić information content (AvgIpc) is 3.08. The Labute approximate surface area is 118 Å². The molecule has 1 aliphatic rings. The summed E-state index contributed by atoms with van der Waals surface area (Å²) in [7, 11) is 0. The molecule has 1 aromatic rings. The maximum absolute atomic E-state index is 12.5. The summed E-state index contributed by atoms with van der Waals surface area (Å²) < 4.78 is 0. The monoisotopic (exact) mass is 282 g/mol. The van der Waals surface area contributed by atoms with Crippen LogP contribution in [0.3, 0.4) is 0 Å². The van der Waals surface area contributed by atoms with Gasteiger partial charge in [-0.3, -0.25) is 4.79 Å². The van der Waals surface area contributed by atoms with E-state index in [0.717, 1.165) is 37.5 Å². The molecular formula is C13H22N4OS. The summed E-state index contributed by atoms with van der Waals surface area (Å²) in [6, 6.07) is 0.397. The van der Waals surface area contributed by atoms with E-state index in [1.165, 1.54) is 24.2 Å². The largest absolute Gasteiger partial charge is 0.360 e. The van der Waals surface area contributed by atoms with Gasteiger partial charge in [0.05, 0.1) is 0 Å². The van der Waals surface area contributed by atoms with Gasteiger partial charge < -0.3 is 10.2 Å². The Bertz CT molecular complexity index is 415. The highest BCUT2D eigenvalue weighted by Crippen LogP contribution is 2.26. The van der Waals surface area contributed by atoms with E-state index < -0.39 is 0 Å². The molecule has 1 aliphatic carbocycles. The minimum absolute atomic E-state index is 0.0384. The number of hydrogen-bond acceptors (Lipinski definition) is 5. The van der Waals surface area contributed by atoms with E-state index in [1.807, 2.05) is 11.8 Å². The Balaban J connectivity index is 2.02. The molecule has 0 bridgehead atoms. The SMILES string of the molecule is CCCNc1nnc(C(=O)N(CC)C2CCCC2)s1. The first kappa shape index (κ1) is 14.2. The van der Waals surface area contributed by atoms with Crippen molar-refractivity contribution in [3.05, 3.63) is 5.01 Å². The molecule has 1 saturated carbocycles. The molecular weight excluding hydrogens is 260 g/mol. The molecule has 106 valence electrons. The van der Waals surface area contributed by atoms with Gasteiger partial charge in [0.15, 0.2) is 0 Å². The normalized spacial score (nSPS) is 15.7. The summed E-state index contributed by atoms with van der Waals surface area (Å²) in [5, 5.41) is 12.5. The van der Waals surface area contributed by atoms with E-state index >= 15 is 0 Å². The van der Waals surface area contributed by atoms with Crippen molar-refractivity contribution in [1.29, 1.82) is 0 Å². The third-order valence-electron chi connectivity index (χ3n) is 3.50. The topological polar surface area (TPSA) is 58.1 Å². The molecule has 0 radical (unpaired) electrons. The number of hydrogen-bond donors (Lipinski definition) is 1. The van der Waals surface area contributed by atoms with Crippen LogP contribution in [0.1, 0.15) is 55.8 Å². The Morgan fingerprint density at radius 3 is 2.74 bits per heavy atom. The van der Waals surface area contributed by atoms with Crippen molar-refractivity contribution < 1.29 is 4.79 Å². The second kappa shape index (κ2) is 6.84. The van der Waals surface area contributed by atoms with Gasteiger partial charge in [-0.05, 0) is 26.2 Å². The van der Waals surface area contributed by atoms with E-state index in [0.29, 0.717) is 11.0 Å². The lowest BCUT2D eigenvalue weighted by atomic mass is 10.2. The molecule has 0 spiro atoms. The molecule has 1 N–H and O–H groups in total. The fraction of sp³-hybridized carbons (Fsp3) is 0.769. The van der Waals surface area contributed by atoms with Crippen molar-refractivity contribution >= 4 is 22.4 Å². The van der Waals surface area contributed by atoms with Crippen LogP contribution in [-0.2, 0) is 0 Å². The third-order valence-corrected chi connectivity index (χ3v) is 4.37. The lowest BCUT2D eigenvalue weighted by Gasteiger charge is -2.26. The standard InChI is InChI=1S/C13H22N4OS/c1-3-9-14-13-16-15-11(19-13)12(18)17(4-2)10-7-5-6-8-10/h10H,3-9H2,1-2H3,(H,14,16). The van der Waals surface area contributed by atoms with E-state index in [1.54, 1.807) is 0 Å². The van der Waals surface area contributed by atoms with Crippen molar-refractivity contribution in [1.82, 2.24) is 15.1 Å². The van der Waals surface area contributed by atoms with Crippen molar-refractivity contribution in [3.8, 4) is 0 Å². The van der Waals surface area contributed by atoms with Gasteiger partial charge in [-0.25, -0.2) is 0 Å². The highest BCUT2D eigenvalue weighted by atomic mass is 32.1. The van der Waals surface area contributed by atoms with Crippen LogP contribution in [0.15, 0.2) is 0 Å². The Morgan fingerprint density at radius 2 is 2.11 bits per heavy atom. The first-order chi connectivity index (χ1) is 9.26. The molecule has 0 aliphatic heterocycles. The molecule has 1 fully saturated rings. The number of aromatic nitrogens is 2. The van der Waals surface area contributed by atoms with Crippen molar-refractivity contribution in [2.24, 2.45) is 0 Å². The number of anilines is 1. The van der Waals surface area contributed by atoms with E-state index in [2.05, 4.69) is 22.4 Å². The van der Waals surface area contributed by atoms with Crippen LogP contribution in [0.4, 0.5) is 5.13 Å². The summed E-state index contributed by atoms with van der Waals surface area (Å²) >= 11 is 1.36. The lowest BCUT2D eigenvalue weighted by molar-refractivity contribution is 0.0692. The van der Waals surface area contributed by atoms with Gasteiger partial charge in [0.2, 0.25) is 10.1 Å². The minimum Gasteiger partial charge on any atom is -0.360 e. The second-order valence-corrected chi connectivity index (χ2v) is 5.85. The zero-order valence-electron chi connectivity index (χ0n) is 11.7. The smallest absolute Gasteiger partial charge is 0.285 e. The molecule has 2 rings (SSSR count). The molecule has 5 nitrogen and oxygen atoms in total. The van der Waals surface area contributed by atoms with Gasteiger partial charge in [0.25, 0.3) is 5.91 Å². The van der Waals surface area contributed by atoms with Gasteiger partial charge in [-0.1, -0.05) is 31.1 Å². The van der Waals surface area contributed by atoms with Gasteiger partial charge in [0, 0.05) is 19.1 Å². The highest BCUT2D eigenvalue weighted by molar-refractivity contribution is 7.17. The summed E-state index contributed by atoms with van der Waals surface area (Å²) in [6.07, 6.45) is 5.74. The van der Waals surface area contributed by atoms with Crippen molar-refractivity contribution in [2.75, 3.05) is 18.4 Å². The van der Waals surface area contributed by atoms with Gasteiger partial charge in [0.1, 0.15) is 0 Å². The van der Waals surface area contributed by atoms with E-state index in [4.69, 9.17) is 0 Å². The van der Waals surface area contributed by atoms with E-state index in [9.17, 15) is 4.79 Å². The number of carbonyl (C=O) groups excluding carboxylic acids is 1. The third kappa shape index (κ3) is 3.43. The van der Waals surface area contributed by atoms with Crippen LogP contribution >= 0.6 is 11.3 Å². The number of carbonyl (C=O) groups is 1. The molecule has 0 unspecified atom stereocenters. The summed E-state index contributed by atoms with van der Waals surface area (Å²) in [4.78, 5) is 14.4. The number of nitrogens with zero attached hydrogens (tertiary/aromatic N) is 3. The zero-order chi connectivity index (χ0) is 13.7. The molecule has 19 heavy (non-hydrogen) atoms. The second-order valence-electron chi connectivity index (χ2n) is 4.87. The number of rotatable bonds is 6. The Kier molecular flexibility index (Phi) is 5.13. The molecule has 0 saturated heterocycles.